The first-order chi connectivity index (χ1) is 12.7. The third-order valence-corrected chi connectivity index (χ3v) is 5.55. The van der Waals surface area contributed by atoms with E-state index in [4.69, 9.17) is 32.5 Å². The quantitative estimate of drug-likeness (QED) is 0.838. The molecule has 1 N–H and O–H groups in total. The molecule has 0 spiro atoms. The smallest absolute Gasteiger partial charge is 0.322 e. The largest absolute Gasteiger partial charge is 0.381 e. The summed E-state index contributed by atoms with van der Waals surface area (Å²) in [5.41, 5.74) is 0.744. The second kappa shape index (κ2) is 8.13. The van der Waals surface area contributed by atoms with Gasteiger partial charge in [-0.2, -0.15) is 4.98 Å². The molecule has 4 rings (SSSR count). The highest BCUT2D eigenvalue weighted by molar-refractivity contribution is 6.35. The van der Waals surface area contributed by atoms with Crippen LogP contribution in [0.15, 0.2) is 22.7 Å². The van der Waals surface area contributed by atoms with E-state index in [1.807, 2.05) is 0 Å². The Morgan fingerprint density at radius 2 is 1.69 bits per heavy atom. The van der Waals surface area contributed by atoms with Gasteiger partial charge in [0.2, 0.25) is 5.82 Å². The topological polar surface area (TPSA) is 63.4 Å². The molecular weight excluding hydrogens is 375 g/mol. The highest BCUT2D eigenvalue weighted by atomic mass is 35.5. The molecule has 0 atom stereocenters. The van der Waals surface area contributed by atoms with Crippen LogP contribution in [0, 0.1) is 0 Å². The molecule has 0 radical (unpaired) electrons. The highest BCUT2D eigenvalue weighted by Crippen LogP contribution is 2.27. The molecule has 6 nitrogen and oxygen atoms in total. The Labute approximate surface area is 162 Å². The number of halogens is 2. The summed E-state index contributed by atoms with van der Waals surface area (Å²) in [4.78, 5) is 7.02. The van der Waals surface area contributed by atoms with Crippen molar-refractivity contribution in [1.82, 2.24) is 15.0 Å². The molecule has 2 aliphatic heterocycles. The number of benzene rings is 1. The van der Waals surface area contributed by atoms with Gasteiger partial charge in [-0.05, 0) is 43.9 Å². The van der Waals surface area contributed by atoms with Crippen molar-refractivity contribution in [2.75, 3.05) is 31.6 Å². The molecule has 0 bridgehead atoms. The van der Waals surface area contributed by atoms with Crippen LogP contribution in [-0.2, 0) is 4.74 Å². The van der Waals surface area contributed by atoms with Crippen molar-refractivity contribution < 1.29 is 9.26 Å². The van der Waals surface area contributed by atoms with E-state index >= 15 is 0 Å². The number of hydrogen-bond acceptors (Lipinski definition) is 6. The minimum absolute atomic E-state index is 0.349. The van der Waals surface area contributed by atoms with E-state index in [0.29, 0.717) is 34.0 Å². The number of anilines is 1. The van der Waals surface area contributed by atoms with E-state index in [1.54, 1.807) is 18.2 Å². The van der Waals surface area contributed by atoms with Crippen LogP contribution in [-0.4, -0.2) is 53.4 Å². The summed E-state index contributed by atoms with van der Waals surface area (Å²) in [6.45, 7) is 3.96. The number of hydrogen-bond donors (Lipinski definition) is 1. The van der Waals surface area contributed by atoms with E-state index in [-0.39, 0.29) is 0 Å². The van der Waals surface area contributed by atoms with Crippen LogP contribution in [0.3, 0.4) is 0 Å². The van der Waals surface area contributed by atoms with Gasteiger partial charge in [-0.15, -0.1) is 0 Å². The maximum Gasteiger partial charge on any atom is 0.322 e. The van der Waals surface area contributed by atoms with Crippen molar-refractivity contribution in [3.05, 3.63) is 28.2 Å². The van der Waals surface area contributed by atoms with Gasteiger partial charge >= 0.3 is 6.01 Å². The van der Waals surface area contributed by atoms with Crippen LogP contribution in [0.4, 0.5) is 6.01 Å². The van der Waals surface area contributed by atoms with Gasteiger partial charge in [0.25, 0.3) is 0 Å². The third kappa shape index (κ3) is 4.31. The lowest BCUT2D eigenvalue weighted by atomic mass is 10.00. The predicted octanol–water partition coefficient (Wildman–Crippen LogP) is 4.10. The Bertz CT molecular complexity index is 720. The summed E-state index contributed by atoms with van der Waals surface area (Å²) < 4.78 is 10.8. The number of rotatable bonds is 4. The van der Waals surface area contributed by atoms with Crippen molar-refractivity contribution in [3.8, 4) is 11.4 Å². The lowest BCUT2D eigenvalue weighted by Gasteiger charge is -2.39. The van der Waals surface area contributed by atoms with E-state index < -0.39 is 0 Å². The number of nitrogens with zero attached hydrogens (tertiary/aromatic N) is 3. The van der Waals surface area contributed by atoms with Crippen LogP contribution in [0.2, 0.25) is 10.0 Å². The molecule has 26 heavy (non-hydrogen) atoms. The van der Waals surface area contributed by atoms with Crippen molar-refractivity contribution in [2.24, 2.45) is 0 Å². The standard InChI is InChI=1S/C18H22Cl2N4O2/c19-13-9-12(10-14(20)11-13)17-22-18(26-23-17)21-15-1-5-24(6-2-15)16-3-7-25-8-4-16/h9-11,15-16H,1-8H2,(H,21,22,23). The second-order valence-corrected chi connectivity index (χ2v) is 7.75. The van der Waals surface area contributed by atoms with Crippen LogP contribution < -0.4 is 5.32 Å². The van der Waals surface area contributed by atoms with Crippen LogP contribution in [0.5, 0.6) is 0 Å². The predicted molar refractivity (Wildman–Crippen MR) is 102 cm³/mol. The molecule has 0 unspecified atom stereocenters. The molecule has 1 aromatic heterocycles. The minimum Gasteiger partial charge on any atom is -0.381 e. The van der Waals surface area contributed by atoms with Gasteiger partial charge in [0.05, 0.1) is 0 Å². The van der Waals surface area contributed by atoms with Gasteiger partial charge in [-0.1, -0.05) is 28.4 Å². The fraction of sp³-hybridized carbons (Fsp3) is 0.556. The maximum atomic E-state index is 6.04. The lowest BCUT2D eigenvalue weighted by Crippen LogP contribution is -2.46. The van der Waals surface area contributed by atoms with Crippen molar-refractivity contribution in [3.63, 3.8) is 0 Å². The lowest BCUT2D eigenvalue weighted by molar-refractivity contribution is 0.0261. The van der Waals surface area contributed by atoms with Crippen LogP contribution in [0.25, 0.3) is 11.4 Å². The van der Waals surface area contributed by atoms with Gasteiger partial charge in [0, 0.05) is 54.0 Å². The molecule has 0 saturated carbocycles. The van der Waals surface area contributed by atoms with E-state index in [1.165, 1.54) is 0 Å². The Morgan fingerprint density at radius 1 is 1.00 bits per heavy atom. The molecule has 0 aliphatic carbocycles. The molecule has 2 aromatic rings. The first-order valence-electron chi connectivity index (χ1n) is 9.06. The number of aromatic nitrogens is 2. The number of ether oxygens (including phenoxy) is 1. The fourth-order valence-electron chi connectivity index (χ4n) is 3.72. The molecule has 2 saturated heterocycles. The zero-order valence-electron chi connectivity index (χ0n) is 14.5. The number of nitrogens with one attached hydrogen (secondary N) is 1. The SMILES string of the molecule is Clc1cc(Cl)cc(-c2noc(NC3CCN(C4CCOCC4)CC3)n2)c1. The average molecular weight is 397 g/mol. The third-order valence-electron chi connectivity index (χ3n) is 5.11. The summed E-state index contributed by atoms with van der Waals surface area (Å²) in [5.74, 6) is 0.483. The summed E-state index contributed by atoms with van der Waals surface area (Å²) in [6, 6.07) is 6.69. The monoisotopic (exact) mass is 396 g/mol. The average Bonchev–Trinajstić information content (AvgIpc) is 3.11. The summed E-state index contributed by atoms with van der Waals surface area (Å²) in [6.07, 6.45) is 4.43. The molecule has 2 fully saturated rings. The second-order valence-electron chi connectivity index (χ2n) is 6.88. The van der Waals surface area contributed by atoms with Gasteiger partial charge in [-0.3, -0.25) is 0 Å². The van der Waals surface area contributed by atoms with Crippen LogP contribution in [0.1, 0.15) is 25.7 Å². The maximum absolute atomic E-state index is 6.04. The Morgan fingerprint density at radius 3 is 2.38 bits per heavy atom. The fourth-order valence-corrected chi connectivity index (χ4v) is 4.24. The normalized spacial score (nSPS) is 20.4. The Balaban J connectivity index is 1.33. The molecule has 3 heterocycles. The zero-order valence-corrected chi connectivity index (χ0v) is 16.0. The van der Waals surface area contributed by atoms with Crippen molar-refractivity contribution >= 4 is 29.2 Å². The van der Waals surface area contributed by atoms with Gasteiger partial charge in [-0.25, -0.2) is 0 Å². The number of piperidine rings is 1. The molecule has 8 heteroatoms. The first-order valence-corrected chi connectivity index (χ1v) is 9.81. The van der Waals surface area contributed by atoms with Crippen LogP contribution >= 0.6 is 23.2 Å². The Hall–Kier alpha value is -1.34. The van der Waals surface area contributed by atoms with Crippen molar-refractivity contribution in [2.45, 2.75) is 37.8 Å². The van der Waals surface area contributed by atoms with E-state index in [9.17, 15) is 0 Å². The van der Waals surface area contributed by atoms with Gasteiger partial charge in [0.15, 0.2) is 0 Å². The summed E-state index contributed by atoms with van der Waals surface area (Å²) in [5, 5.41) is 8.50. The van der Waals surface area contributed by atoms with E-state index in [0.717, 1.165) is 57.6 Å². The number of likely N-dealkylation sites (tertiary alicyclic amines) is 1. The molecule has 0 amide bonds. The summed E-state index contributed by atoms with van der Waals surface area (Å²) >= 11 is 12.1. The minimum atomic E-state index is 0.349. The van der Waals surface area contributed by atoms with Gasteiger partial charge < -0.3 is 19.5 Å². The van der Waals surface area contributed by atoms with Gasteiger partial charge in [0.1, 0.15) is 0 Å². The molecular formula is C18H22Cl2N4O2. The Kier molecular flexibility index (Phi) is 5.64. The molecule has 1 aromatic carbocycles. The zero-order chi connectivity index (χ0) is 17.9. The molecule has 2 aliphatic rings. The molecule has 140 valence electrons. The highest BCUT2D eigenvalue weighted by Gasteiger charge is 2.27. The van der Waals surface area contributed by atoms with Crippen molar-refractivity contribution in [1.29, 1.82) is 0 Å². The van der Waals surface area contributed by atoms with E-state index in [2.05, 4.69) is 20.4 Å². The first kappa shape index (κ1) is 18.0. The summed E-state index contributed by atoms with van der Waals surface area (Å²) in [7, 11) is 0.